The van der Waals surface area contributed by atoms with Crippen LogP contribution in [0.1, 0.15) is 81.1 Å². The number of hydrogen-bond donors (Lipinski definition) is 1. The van der Waals surface area contributed by atoms with Gasteiger partial charge >= 0.3 is 23.9 Å². The monoisotopic (exact) mass is 628 g/mol. The molecule has 4 aliphatic carbocycles. The van der Waals surface area contributed by atoms with Gasteiger partial charge in [0.25, 0.3) is 0 Å². The zero-order valence-corrected chi connectivity index (χ0v) is 27.7. The number of cyclic esters (lactones) is 1. The average molecular weight is 629 g/mol. The number of hydrogen-bond acceptors (Lipinski definition) is 10. The van der Waals surface area contributed by atoms with E-state index in [-0.39, 0.29) is 42.7 Å². The van der Waals surface area contributed by atoms with Crippen molar-refractivity contribution in [3.8, 4) is 0 Å². The smallest absolute Gasteiger partial charge is 0.333 e. The van der Waals surface area contributed by atoms with Gasteiger partial charge in [0.1, 0.15) is 18.3 Å². The second-order valence-corrected chi connectivity index (χ2v) is 15.3. The lowest BCUT2D eigenvalue weighted by molar-refractivity contribution is -0.274. The van der Waals surface area contributed by atoms with Crippen molar-refractivity contribution in [2.24, 2.45) is 45.3 Å². The molecule has 1 unspecified atom stereocenters. The van der Waals surface area contributed by atoms with E-state index in [2.05, 4.69) is 26.8 Å². The summed E-state index contributed by atoms with van der Waals surface area (Å²) in [7, 11) is 0. The van der Waals surface area contributed by atoms with Crippen molar-refractivity contribution in [1.29, 1.82) is 0 Å². The van der Waals surface area contributed by atoms with E-state index in [4.69, 9.17) is 23.7 Å². The van der Waals surface area contributed by atoms with Crippen LogP contribution in [0.3, 0.4) is 0 Å². The van der Waals surface area contributed by atoms with Gasteiger partial charge in [-0.25, -0.2) is 4.79 Å². The summed E-state index contributed by atoms with van der Waals surface area (Å²) in [5, 5.41) is 11.6. The van der Waals surface area contributed by atoms with Gasteiger partial charge in [-0.2, -0.15) is 0 Å². The SMILES string of the molecule is C/C=C(\C)C(=O)O[C@@H]1[C@@H]2OC[C@]3(C)[C@H](O)C[C@H](OC(C)=O)[C@@](C)([C@@H]23)[C@H]2C[C@H](OC(C)=O)[C@]3(C)C(=CC[C@H]3C3COC(=O)C3)[C@]12C. The molecule has 2 saturated heterocycles. The van der Waals surface area contributed by atoms with E-state index < -0.39 is 70.1 Å². The van der Waals surface area contributed by atoms with Crippen LogP contribution >= 0.6 is 0 Å². The summed E-state index contributed by atoms with van der Waals surface area (Å²) in [6.07, 6.45) is 2.20. The van der Waals surface area contributed by atoms with Crippen molar-refractivity contribution >= 4 is 23.9 Å². The van der Waals surface area contributed by atoms with Crippen LogP contribution < -0.4 is 0 Å². The topological polar surface area (TPSA) is 135 Å². The first-order valence-corrected chi connectivity index (χ1v) is 16.4. The van der Waals surface area contributed by atoms with Crippen molar-refractivity contribution < 1.29 is 48.0 Å². The van der Waals surface area contributed by atoms with E-state index in [1.807, 2.05) is 6.92 Å². The Morgan fingerprint density at radius 1 is 0.978 bits per heavy atom. The first-order chi connectivity index (χ1) is 21.0. The van der Waals surface area contributed by atoms with Gasteiger partial charge in [-0.3, -0.25) is 14.4 Å². The van der Waals surface area contributed by atoms with Crippen LogP contribution in [0.15, 0.2) is 23.3 Å². The summed E-state index contributed by atoms with van der Waals surface area (Å²) in [4.78, 5) is 51.2. The fourth-order valence-electron chi connectivity index (χ4n) is 11.2. The minimum absolute atomic E-state index is 0.0487. The first kappa shape index (κ1) is 32.2. The van der Waals surface area contributed by atoms with E-state index >= 15 is 0 Å². The quantitative estimate of drug-likeness (QED) is 0.205. The Labute approximate surface area is 265 Å². The van der Waals surface area contributed by atoms with Gasteiger partial charge < -0.3 is 28.8 Å². The van der Waals surface area contributed by atoms with Crippen LogP contribution in [0.2, 0.25) is 0 Å². The molecule has 6 aliphatic rings. The van der Waals surface area contributed by atoms with E-state index in [1.165, 1.54) is 13.8 Å². The Morgan fingerprint density at radius 2 is 1.64 bits per heavy atom. The third-order valence-corrected chi connectivity index (χ3v) is 13.2. The summed E-state index contributed by atoms with van der Waals surface area (Å²) in [5.74, 6) is -2.24. The van der Waals surface area contributed by atoms with Crippen LogP contribution in [0.5, 0.6) is 0 Å². The molecule has 2 aliphatic heterocycles. The third-order valence-electron chi connectivity index (χ3n) is 13.2. The van der Waals surface area contributed by atoms with Gasteiger partial charge in [-0.1, -0.05) is 45.4 Å². The van der Waals surface area contributed by atoms with Crippen LogP contribution in [-0.4, -0.2) is 72.7 Å². The van der Waals surface area contributed by atoms with E-state index in [0.717, 1.165) is 5.57 Å². The Balaban J connectivity index is 1.57. The van der Waals surface area contributed by atoms with Gasteiger partial charge in [0.05, 0.1) is 31.8 Å². The molecule has 1 N–H and O–H groups in total. The lowest BCUT2D eigenvalue weighted by Gasteiger charge is -2.70. The van der Waals surface area contributed by atoms with Crippen molar-refractivity contribution in [3.63, 3.8) is 0 Å². The molecule has 0 radical (unpaired) electrons. The molecular weight excluding hydrogens is 580 g/mol. The maximum atomic E-state index is 13.6. The number of rotatable bonds is 5. The molecular formula is C35H48O10. The number of allylic oxidation sites excluding steroid dienone is 2. The zero-order valence-electron chi connectivity index (χ0n) is 27.7. The predicted octanol–water partition coefficient (Wildman–Crippen LogP) is 4.08. The molecule has 0 amide bonds. The van der Waals surface area contributed by atoms with Gasteiger partial charge in [-0.15, -0.1) is 0 Å². The molecule has 0 spiro atoms. The molecule has 3 saturated carbocycles. The van der Waals surface area contributed by atoms with Crippen LogP contribution in [0.25, 0.3) is 0 Å². The Hall–Kier alpha value is -2.72. The highest BCUT2D eigenvalue weighted by Crippen LogP contribution is 2.76. The summed E-state index contributed by atoms with van der Waals surface area (Å²) in [6, 6.07) is 0. The molecule has 0 aromatic heterocycles. The third kappa shape index (κ3) is 4.33. The number of esters is 4. The highest BCUT2D eigenvalue weighted by Gasteiger charge is 2.79. The maximum Gasteiger partial charge on any atom is 0.333 e. The summed E-state index contributed by atoms with van der Waals surface area (Å²) < 4.78 is 30.9. The van der Waals surface area contributed by atoms with Crippen molar-refractivity contribution in [1.82, 2.24) is 0 Å². The molecule has 6 rings (SSSR count). The summed E-state index contributed by atoms with van der Waals surface area (Å²) >= 11 is 0. The Morgan fingerprint density at radius 3 is 2.24 bits per heavy atom. The van der Waals surface area contributed by atoms with Gasteiger partial charge in [0.15, 0.2) is 0 Å². The van der Waals surface area contributed by atoms with E-state index in [1.54, 1.807) is 19.9 Å². The fourth-order valence-corrected chi connectivity index (χ4v) is 11.2. The molecule has 10 heteroatoms. The lowest BCUT2D eigenvalue weighted by atomic mass is 9.35. The van der Waals surface area contributed by atoms with E-state index in [0.29, 0.717) is 31.4 Å². The minimum atomic E-state index is -0.824. The fraction of sp³-hybridized carbons (Fsp3) is 0.771. The molecule has 0 aromatic carbocycles. The number of aliphatic hydroxyl groups excluding tert-OH is 1. The second-order valence-electron chi connectivity index (χ2n) is 15.3. The predicted molar refractivity (Wildman–Crippen MR) is 160 cm³/mol. The number of aliphatic hydroxyl groups is 1. The lowest BCUT2D eigenvalue weighted by Crippen LogP contribution is -2.74. The van der Waals surface area contributed by atoms with Gasteiger partial charge in [0, 0.05) is 59.3 Å². The number of fused-ring (bicyclic) bond motifs is 4. The molecule has 45 heavy (non-hydrogen) atoms. The van der Waals surface area contributed by atoms with Crippen LogP contribution in [-0.2, 0) is 42.9 Å². The summed E-state index contributed by atoms with van der Waals surface area (Å²) in [5.41, 5.74) is -1.45. The van der Waals surface area contributed by atoms with Crippen molar-refractivity contribution in [2.45, 2.75) is 112 Å². The molecule has 0 bridgehead atoms. The molecule has 5 fully saturated rings. The molecule has 0 aromatic rings. The number of carbonyl (C=O) groups excluding carboxylic acids is 4. The van der Waals surface area contributed by atoms with Gasteiger partial charge in [0.2, 0.25) is 0 Å². The average Bonchev–Trinajstić information content (AvgIpc) is 3.66. The van der Waals surface area contributed by atoms with Gasteiger partial charge in [-0.05, 0) is 38.5 Å². The zero-order chi connectivity index (χ0) is 32.9. The normalized spacial score (nSPS) is 48.4. The minimum Gasteiger partial charge on any atom is -0.465 e. The summed E-state index contributed by atoms with van der Waals surface area (Å²) in [6.45, 7) is 15.3. The van der Waals surface area contributed by atoms with Crippen LogP contribution in [0.4, 0.5) is 0 Å². The molecule has 248 valence electrons. The molecule has 10 nitrogen and oxygen atoms in total. The van der Waals surface area contributed by atoms with Crippen molar-refractivity contribution in [2.75, 3.05) is 13.2 Å². The maximum absolute atomic E-state index is 13.6. The van der Waals surface area contributed by atoms with Crippen LogP contribution in [0, 0.1) is 45.3 Å². The molecule has 13 atom stereocenters. The van der Waals surface area contributed by atoms with E-state index in [9.17, 15) is 24.3 Å². The first-order valence-electron chi connectivity index (χ1n) is 16.4. The highest BCUT2D eigenvalue weighted by atomic mass is 16.6. The number of ether oxygens (including phenoxy) is 5. The number of carbonyl (C=O) groups is 4. The largest absolute Gasteiger partial charge is 0.465 e. The standard InChI is InChI=1S/C35H48O10/c1-9-17(2)31(40)45-30-28-29-32(5,16-42-28)24(38)14-26(44-19(4)37)35(29,8)23-13-25(43-18(3)36)33(6)21(20-12-27(39)41-15-20)10-11-22(33)34(23,30)7/h9,11,20-21,23-26,28-30,38H,10,12-16H2,1-8H3/b17-9+/t20?,21-,23-,24+,25-,26-,28+,29-,30+,32+,33-,34-,35-/m0/s1. The second kappa shape index (κ2) is 10.7. The van der Waals surface area contributed by atoms with Crippen molar-refractivity contribution in [3.05, 3.63) is 23.3 Å². The highest BCUT2D eigenvalue weighted by molar-refractivity contribution is 5.88. The molecule has 2 heterocycles. The Kier molecular flexibility index (Phi) is 7.63. The Bertz CT molecular complexity index is 1370.